The molecule has 0 unspecified atom stereocenters. The van der Waals surface area contributed by atoms with Gasteiger partial charge >= 0.3 is 23.1 Å². The van der Waals surface area contributed by atoms with Crippen molar-refractivity contribution >= 4 is 64.9 Å². The van der Waals surface area contributed by atoms with Gasteiger partial charge in [0.1, 0.15) is 0 Å². The third kappa shape index (κ3) is 20.7. The van der Waals surface area contributed by atoms with Gasteiger partial charge in [0, 0.05) is 21.7 Å². The SMILES string of the molecule is S.[AlH3].[MgH2].[SiH4].[Ti]. The zero-order valence-corrected chi connectivity index (χ0v) is 3.56. The Balaban J connectivity index is 0. The Kier molecular flexibility index (Phi) is 304. The molecule has 5 heavy (non-hydrogen) atoms. The van der Waals surface area contributed by atoms with Gasteiger partial charge in [-0.05, 0) is 11.0 Å². The maximum Gasteiger partial charge on any atom is 0.316 e. The smallest absolute Gasteiger partial charge is 0.197 e. The van der Waals surface area contributed by atoms with Crippen molar-refractivity contribution < 1.29 is 21.7 Å². The second kappa shape index (κ2) is 30.8. The van der Waals surface area contributed by atoms with Crippen LogP contribution in [0.5, 0.6) is 0 Å². The molecule has 0 saturated carbocycles. The molecule has 0 aliphatic rings. The molecule has 0 radical (unpaired) electrons. The van der Waals surface area contributed by atoms with Crippen molar-refractivity contribution in [2.45, 2.75) is 0 Å². The minimum atomic E-state index is 0. The molecule has 0 atom stereocenters. The Morgan fingerprint density at radius 3 is 1.00 bits per heavy atom. The predicted octanol–water partition coefficient (Wildman–Crippen LogP) is -3.44. The van der Waals surface area contributed by atoms with Crippen LogP contribution in [0.25, 0.3) is 0 Å². The first-order chi connectivity index (χ1) is 0. The van der Waals surface area contributed by atoms with Crippen LogP contribution in [0.15, 0.2) is 0 Å². The van der Waals surface area contributed by atoms with Crippen molar-refractivity contribution in [3.8, 4) is 0 Å². The molecular weight excluding hydrogens is 159 g/mol. The molecule has 0 aromatic rings. The molecule has 0 amide bonds. The average molecular weight is 170 g/mol. The van der Waals surface area contributed by atoms with E-state index in [1.807, 2.05) is 0 Å². The normalized spacial score (nSPS) is 0. The first-order valence-electron chi connectivity index (χ1n) is 0. The molecule has 0 aromatic heterocycles. The van der Waals surface area contributed by atoms with Gasteiger partial charge in [-0.15, -0.1) is 0 Å². The van der Waals surface area contributed by atoms with E-state index >= 15 is 0 Å². The van der Waals surface area contributed by atoms with Gasteiger partial charge in [0.25, 0.3) is 0 Å². The first-order valence-corrected chi connectivity index (χ1v) is 0. The topological polar surface area (TPSA) is 0 Å². The summed E-state index contributed by atoms with van der Waals surface area (Å²) in [4.78, 5) is 0. The van der Waals surface area contributed by atoms with E-state index in [1.165, 1.54) is 0 Å². The van der Waals surface area contributed by atoms with E-state index in [1.54, 1.807) is 0 Å². The van der Waals surface area contributed by atoms with Gasteiger partial charge in [-0.1, -0.05) is 0 Å². The molecule has 0 N–H and O–H groups in total. The summed E-state index contributed by atoms with van der Waals surface area (Å²) in [5.41, 5.74) is 0. The van der Waals surface area contributed by atoms with E-state index in [0.29, 0.717) is 0 Å². The zero-order valence-electron chi connectivity index (χ0n) is 1.00. The number of hydrogen-bond acceptors (Lipinski definition) is 0. The molecule has 30 valence electrons. The number of hydrogen-bond donors (Lipinski definition) is 0. The zero-order chi connectivity index (χ0) is 0. The van der Waals surface area contributed by atoms with E-state index in [2.05, 4.69) is 0 Å². The van der Waals surface area contributed by atoms with Crippen molar-refractivity contribution in [2.75, 3.05) is 0 Å². The summed E-state index contributed by atoms with van der Waals surface area (Å²) in [6.07, 6.45) is 0. The van der Waals surface area contributed by atoms with Crippen LogP contribution in [0.3, 0.4) is 0 Å². The van der Waals surface area contributed by atoms with Crippen LogP contribution in [-0.4, -0.2) is 51.4 Å². The second-order valence-corrected chi connectivity index (χ2v) is 0. The third-order valence-electron chi connectivity index (χ3n) is 0. The third-order valence-corrected chi connectivity index (χ3v) is 0. The molecule has 0 bridgehead atoms. The van der Waals surface area contributed by atoms with Crippen LogP contribution in [0.2, 0.25) is 0 Å². The fraction of sp³-hybridized carbons (Fsp3) is 0. The Labute approximate surface area is 85.5 Å². The first kappa shape index (κ1) is 49.3. The van der Waals surface area contributed by atoms with E-state index in [4.69, 9.17) is 0 Å². The van der Waals surface area contributed by atoms with Gasteiger partial charge in [-0.25, -0.2) is 0 Å². The summed E-state index contributed by atoms with van der Waals surface area (Å²) in [5.74, 6) is 0. The Morgan fingerprint density at radius 1 is 1.00 bits per heavy atom. The van der Waals surface area contributed by atoms with Crippen molar-refractivity contribution in [2.24, 2.45) is 0 Å². The molecule has 0 aliphatic carbocycles. The fourth-order valence-corrected chi connectivity index (χ4v) is 0. The van der Waals surface area contributed by atoms with Crippen LogP contribution in [0.4, 0.5) is 0 Å². The van der Waals surface area contributed by atoms with Crippen LogP contribution in [0, 0.1) is 0 Å². The molecule has 0 rings (SSSR count). The number of rotatable bonds is 0. The quantitative estimate of drug-likeness (QED) is 0.332. The molecular formula is H11AlMgSSiTi. The van der Waals surface area contributed by atoms with E-state index < -0.39 is 0 Å². The van der Waals surface area contributed by atoms with Gasteiger partial charge in [0.2, 0.25) is 0 Å². The van der Waals surface area contributed by atoms with Crippen molar-refractivity contribution in [1.29, 1.82) is 0 Å². The summed E-state index contributed by atoms with van der Waals surface area (Å²) in [7, 11) is 0. The molecule has 0 fully saturated rings. The van der Waals surface area contributed by atoms with Gasteiger partial charge in [0.05, 0.1) is 0 Å². The molecule has 5 heteroatoms. The van der Waals surface area contributed by atoms with Gasteiger partial charge < -0.3 is 0 Å². The van der Waals surface area contributed by atoms with Gasteiger partial charge in [-0.2, -0.15) is 13.5 Å². The van der Waals surface area contributed by atoms with Gasteiger partial charge in [0.15, 0.2) is 17.4 Å². The molecule has 0 aromatic carbocycles. The maximum absolute atomic E-state index is 0. The Bertz CT molecular complexity index is 11.6. The van der Waals surface area contributed by atoms with Crippen LogP contribution in [-0.2, 0) is 21.7 Å². The Morgan fingerprint density at radius 2 is 1.00 bits per heavy atom. The van der Waals surface area contributed by atoms with Gasteiger partial charge in [-0.3, -0.25) is 0 Å². The molecule has 0 spiro atoms. The van der Waals surface area contributed by atoms with E-state index in [-0.39, 0.29) is 86.6 Å². The largest absolute Gasteiger partial charge is 0.316 e. The monoisotopic (exact) mass is 170 g/mol. The molecule has 0 aliphatic heterocycles. The minimum absolute atomic E-state index is 0. The van der Waals surface area contributed by atoms with Crippen molar-refractivity contribution in [3.63, 3.8) is 0 Å². The van der Waals surface area contributed by atoms with Crippen LogP contribution < -0.4 is 0 Å². The van der Waals surface area contributed by atoms with Crippen LogP contribution in [0.1, 0.15) is 0 Å². The summed E-state index contributed by atoms with van der Waals surface area (Å²) in [6.45, 7) is 0. The second-order valence-electron chi connectivity index (χ2n) is 0. The minimum Gasteiger partial charge on any atom is -0.197 e. The predicted molar refractivity (Wildman–Crippen MR) is 40.2 cm³/mol. The summed E-state index contributed by atoms with van der Waals surface area (Å²) in [6, 6.07) is 0. The molecule has 0 nitrogen and oxygen atoms in total. The molecule has 0 saturated heterocycles. The van der Waals surface area contributed by atoms with Crippen LogP contribution >= 0.6 is 13.5 Å². The average Bonchev–Trinajstić information content (AvgIpc) is 0. The van der Waals surface area contributed by atoms with E-state index in [0.717, 1.165) is 0 Å². The fourth-order valence-electron chi connectivity index (χ4n) is 0. The van der Waals surface area contributed by atoms with E-state index in [9.17, 15) is 0 Å². The summed E-state index contributed by atoms with van der Waals surface area (Å²) < 4.78 is 0. The standard InChI is InChI=1S/Al.Mg.H2S.H4Si.Ti.5H/h;;1H2;1H4;;;;;;. The van der Waals surface area contributed by atoms with Crippen molar-refractivity contribution in [3.05, 3.63) is 0 Å². The molecule has 0 heterocycles. The van der Waals surface area contributed by atoms with Crippen molar-refractivity contribution in [1.82, 2.24) is 0 Å². The summed E-state index contributed by atoms with van der Waals surface area (Å²) in [5, 5.41) is 0. The maximum atomic E-state index is 0. The summed E-state index contributed by atoms with van der Waals surface area (Å²) >= 11 is 0. The Hall–Kier alpha value is 2.58.